The van der Waals surface area contributed by atoms with Crippen LogP contribution in [-0.4, -0.2) is 13.0 Å². The minimum absolute atomic E-state index is 0.0431. The number of carbonyl (C=O) groups is 1. The van der Waals surface area contributed by atoms with E-state index in [4.69, 9.17) is 14.2 Å². The fraction of sp³-hybridized carbons (Fsp3) is 0.111. The minimum Gasteiger partial charge on any atom is -0.493 e. The molecule has 0 spiro atoms. The third kappa shape index (κ3) is 7.59. The van der Waals surface area contributed by atoms with E-state index in [2.05, 4.69) is 75.0 Å². The van der Waals surface area contributed by atoms with Crippen LogP contribution in [0.5, 0.6) is 17.2 Å². The average Bonchev–Trinajstić information content (AvgIpc) is 3.04. The summed E-state index contributed by atoms with van der Waals surface area (Å²) in [6.07, 6.45) is 1.54. The van der Waals surface area contributed by atoms with Crippen LogP contribution in [0.1, 0.15) is 22.3 Å². The number of anilines is 1. The van der Waals surface area contributed by atoms with E-state index in [1.807, 2.05) is 48.5 Å². The van der Waals surface area contributed by atoms with Gasteiger partial charge in [0.25, 0.3) is 5.91 Å². The number of benzene rings is 5. The maximum absolute atomic E-state index is 13.0. The third-order valence-corrected chi connectivity index (χ3v) is 8.32. The van der Waals surface area contributed by atoms with Crippen LogP contribution in [-0.2, 0) is 18.0 Å². The van der Waals surface area contributed by atoms with Crippen molar-refractivity contribution in [2.45, 2.75) is 20.1 Å². The van der Waals surface area contributed by atoms with Gasteiger partial charge in [-0.15, -0.1) is 0 Å². The Bertz CT molecular complexity index is 1880. The fourth-order valence-electron chi connectivity index (χ4n) is 4.64. The summed E-state index contributed by atoms with van der Waals surface area (Å²) in [6, 6.07) is 33.0. The van der Waals surface area contributed by atoms with Crippen LogP contribution in [0, 0.1) is 21.8 Å². The van der Waals surface area contributed by atoms with Crippen LogP contribution in [0.15, 0.2) is 107 Å². The Morgan fingerprint density at radius 3 is 2.43 bits per heavy atom. The molecule has 0 radical (unpaired) electrons. The number of nitrogens with zero attached hydrogens (tertiary/aromatic N) is 1. The van der Waals surface area contributed by atoms with Crippen LogP contribution in [0.4, 0.5) is 5.69 Å². The van der Waals surface area contributed by atoms with Crippen molar-refractivity contribution in [1.82, 2.24) is 0 Å². The Labute approximate surface area is 278 Å². The molecule has 220 valence electrons. The number of nitriles is 1. The van der Waals surface area contributed by atoms with Gasteiger partial charge in [0.05, 0.1) is 10.7 Å². The smallest absolute Gasteiger partial charge is 0.266 e. The van der Waals surface area contributed by atoms with E-state index < -0.39 is 5.91 Å². The molecule has 0 saturated carbocycles. The van der Waals surface area contributed by atoms with Crippen molar-refractivity contribution in [1.29, 1.82) is 5.26 Å². The molecule has 6 nitrogen and oxygen atoms in total. The summed E-state index contributed by atoms with van der Waals surface area (Å²) in [5.74, 6) is 1.26. The van der Waals surface area contributed by atoms with Crippen molar-refractivity contribution in [2.75, 3.05) is 12.4 Å². The molecule has 0 unspecified atom stereocenters. The van der Waals surface area contributed by atoms with E-state index in [9.17, 15) is 10.1 Å². The first-order chi connectivity index (χ1) is 21.3. The summed E-state index contributed by atoms with van der Waals surface area (Å²) in [6.45, 7) is 2.87. The van der Waals surface area contributed by atoms with Gasteiger partial charge in [0.15, 0.2) is 11.5 Å². The van der Waals surface area contributed by atoms with Crippen LogP contribution < -0.4 is 19.5 Å². The van der Waals surface area contributed by atoms with Gasteiger partial charge >= 0.3 is 0 Å². The summed E-state index contributed by atoms with van der Waals surface area (Å²) in [5, 5.41) is 14.9. The number of fused-ring (bicyclic) bond motifs is 1. The maximum Gasteiger partial charge on any atom is 0.266 e. The Morgan fingerprint density at radius 2 is 1.70 bits per heavy atom. The van der Waals surface area contributed by atoms with Gasteiger partial charge in [-0.1, -0.05) is 64.5 Å². The van der Waals surface area contributed by atoms with Gasteiger partial charge in [0.1, 0.15) is 30.6 Å². The predicted octanol–water partition coefficient (Wildman–Crippen LogP) is 9.23. The lowest BCUT2D eigenvalue weighted by atomic mass is 10.0. The lowest BCUT2D eigenvalue weighted by Gasteiger charge is -2.16. The molecule has 0 aromatic heterocycles. The standard InChI is InChI=1S/C36H28BrIN2O4/c1-23-7-10-26-5-3-4-6-31(26)32(23)22-44-35-33(38)18-25(19-34(35)42-2)17-27(20-39)36(41)40-29-13-15-30(16-14-29)43-21-24-8-11-28(37)12-9-24/h3-19H,21-22H2,1-2H3,(H,40,41)/b27-17+. The molecule has 5 rings (SSSR count). The number of hydrogen-bond acceptors (Lipinski definition) is 5. The molecule has 0 bridgehead atoms. The number of rotatable bonds is 10. The quantitative estimate of drug-likeness (QED) is 0.0873. The third-order valence-electron chi connectivity index (χ3n) is 6.99. The molecule has 1 amide bonds. The number of aryl methyl sites for hydroxylation is 1. The fourth-order valence-corrected chi connectivity index (χ4v) is 5.68. The highest BCUT2D eigenvalue weighted by atomic mass is 127. The van der Waals surface area contributed by atoms with Crippen LogP contribution in [0.25, 0.3) is 16.8 Å². The van der Waals surface area contributed by atoms with Crippen molar-refractivity contribution in [3.8, 4) is 23.3 Å². The molecule has 0 aliphatic heterocycles. The van der Waals surface area contributed by atoms with Gasteiger partial charge < -0.3 is 19.5 Å². The zero-order valence-electron chi connectivity index (χ0n) is 24.1. The van der Waals surface area contributed by atoms with E-state index in [0.29, 0.717) is 41.7 Å². The average molecular weight is 759 g/mol. The van der Waals surface area contributed by atoms with Crippen LogP contribution in [0.2, 0.25) is 0 Å². The molecule has 1 N–H and O–H groups in total. The minimum atomic E-state index is -0.517. The SMILES string of the molecule is COc1cc(/C=C(\C#N)C(=O)Nc2ccc(OCc3ccc(Br)cc3)cc2)cc(I)c1OCc1c(C)ccc2ccccc12. The molecule has 44 heavy (non-hydrogen) atoms. The number of amides is 1. The molecular weight excluding hydrogens is 731 g/mol. The van der Waals surface area contributed by atoms with E-state index in [1.165, 1.54) is 6.08 Å². The Morgan fingerprint density at radius 1 is 0.955 bits per heavy atom. The second-order valence-corrected chi connectivity index (χ2v) is 12.0. The summed E-state index contributed by atoms with van der Waals surface area (Å²) in [7, 11) is 1.57. The lowest BCUT2D eigenvalue weighted by Crippen LogP contribution is -2.13. The zero-order chi connectivity index (χ0) is 31.1. The lowest BCUT2D eigenvalue weighted by molar-refractivity contribution is -0.112. The van der Waals surface area contributed by atoms with E-state index in [0.717, 1.165) is 35.5 Å². The van der Waals surface area contributed by atoms with Crippen LogP contribution in [0.3, 0.4) is 0 Å². The monoisotopic (exact) mass is 758 g/mol. The highest BCUT2D eigenvalue weighted by Gasteiger charge is 2.16. The number of halogens is 2. The Kier molecular flexibility index (Phi) is 10.2. The van der Waals surface area contributed by atoms with Gasteiger partial charge in [0.2, 0.25) is 0 Å². The first kappa shape index (κ1) is 31.1. The van der Waals surface area contributed by atoms with Crippen molar-refractivity contribution in [2.24, 2.45) is 0 Å². The molecule has 0 aliphatic carbocycles. The molecule has 0 saturated heterocycles. The number of methoxy groups -OCH3 is 1. The van der Waals surface area contributed by atoms with E-state index in [1.54, 1.807) is 37.4 Å². The number of ether oxygens (including phenoxy) is 3. The van der Waals surface area contributed by atoms with Gasteiger partial charge in [-0.25, -0.2) is 0 Å². The van der Waals surface area contributed by atoms with Crippen molar-refractivity contribution < 1.29 is 19.0 Å². The van der Waals surface area contributed by atoms with Gasteiger partial charge in [-0.3, -0.25) is 4.79 Å². The molecule has 5 aromatic carbocycles. The van der Waals surface area contributed by atoms with Gasteiger partial charge in [0, 0.05) is 15.7 Å². The number of carbonyl (C=O) groups excluding carboxylic acids is 1. The Balaban J connectivity index is 1.27. The van der Waals surface area contributed by atoms with E-state index >= 15 is 0 Å². The maximum atomic E-state index is 13.0. The normalized spacial score (nSPS) is 11.1. The van der Waals surface area contributed by atoms with Crippen molar-refractivity contribution in [3.05, 3.63) is 133 Å². The second kappa shape index (κ2) is 14.4. The van der Waals surface area contributed by atoms with Gasteiger partial charge in [-0.2, -0.15) is 5.26 Å². The first-order valence-electron chi connectivity index (χ1n) is 13.7. The van der Waals surface area contributed by atoms with Crippen molar-refractivity contribution in [3.63, 3.8) is 0 Å². The summed E-state index contributed by atoms with van der Waals surface area (Å²) >= 11 is 5.61. The number of nitrogens with one attached hydrogen (secondary N) is 1. The molecule has 0 heterocycles. The highest BCUT2D eigenvalue weighted by Crippen LogP contribution is 2.36. The first-order valence-corrected chi connectivity index (χ1v) is 15.6. The predicted molar refractivity (Wildman–Crippen MR) is 186 cm³/mol. The topological polar surface area (TPSA) is 80.6 Å². The molecule has 5 aromatic rings. The molecule has 0 aliphatic rings. The number of hydrogen-bond donors (Lipinski definition) is 1. The second-order valence-electron chi connectivity index (χ2n) is 9.97. The molecule has 0 fully saturated rings. The summed E-state index contributed by atoms with van der Waals surface area (Å²) < 4.78 is 19.6. The molecule has 0 atom stereocenters. The van der Waals surface area contributed by atoms with E-state index in [-0.39, 0.29) is 5.57 Å². The van der Waals surface area contributed by atoms with Crippen molar-refractivity contribution >= 4 is 67.0 Å². The zero-order valence-corrected chi connectivity index (χ0v) is 27.8. The van der Waals surface area contributed by atoms with Gasteiger partial charge in [-0.05, 0) is 112 Å². The van der Waals surface area contributed by atoms with Crippen LogP contribution >= 0.6 is 38.5 Å². The Hall–Kier alpha value is -4.33. The highest BCUT2D eigenvalue weighted by molar-refractivity contribution is 14.1. The summed E-state index contributed by atoms with van der Waals surface area (Å²) in [4.78, 5) is 13.0. The summed E-state index contributed by atoms with van der Waals surface area (Å²) in [5.41, 5.74) is 4.44. The largest absolute Gasteiger partial charge is 0.493 e. The molecular formula is C36H28BrIN2O4. The molecule has 8 heteroatoms.